The Balaban J connectivity index is 2.01. The van der Waals surface area contributed by atoms with Crippen molar-refractivity contribution in [3.63, 3.8) is 0 Å². The summed E-state index contributed by atoms with van der Waals surface area (Å²) in [7, 11) is 2.99. The first kappa shape index (κ1) is 16.5. The van der Waals surface area contributed by atoms with Gasteiger partial charge >= 0.3 is 5.97 Å². The molecule has 0 spiro atoms. The van der Waals surface area contributed by atoms with Crippen LogP contribution in [0.5, 0.6) is 5.75 Å². The highest BCUT2D eigenvalue weighted by Crippen LogP contribution is 2.40. The Morgan fingerprint density at radius 2 is 1.58 bits per heavy atom. The second kappa shape index (κ2) is 6.63. The molecule has 0 N–H and O–H groups in total. The highest BCUT2D eigenvalue weighted by atomic mass is 16.5. The number of rotatable bonds is 4. The van der Waals surface area contributed by atoms with Gasteiger partial charge in [-0.3, -0.25) is 9.59 Å². The third-order valence-electron chi connectivity index (χ3n) is 5.03. The molecule has 0 unspecified atom stereocenters. The van der Waals surface area contributed by atoms with Crippen LogP contribution in [0.4, 0.5) is 0 Å². The van der Waals surface area contributed by atoms with Crippen LogP contribution in [0.3, 0.4) is 0 Å². The number of hydrogen-bond donors (Lipinski definition) is 0. The Kier molecular flexibility index (Phi) is 4.56. The molecule has 0 heterocycles. The molecule has 1 aliphatic carbocycles. The van der Waals surface area contributed by atoms with E-state index in [1.54, 1.807) is 13.2 Å². The van der Waals surface area contributed by atoms with Crippen LogP contribution in [0.2, 0.25) is 0 Å². The van der Waals surface area contributed by atoms with Crippen LogP contribution in [0.25, 0.3) is 10.8 Å². The van der Waals surface area contributed by atoms with Gasteiger partial charge in [-0.25, -0.2) is 0 Å². The van der Waals surface area contributed by atoms with Gasteiger partial charge in [-0.1, -0.05) is 37.5 Å². The lowest BCUT2D eigenvalue weighted by atomic mass is 9.69. The zero-order chi connectivity index (χ0) is 17.2. The first-order valence-corrected chi connectivity index (χ1v) is 8.32. The number of fused-ring (bicyclic) bond motifs is 1. The summed E-state index contributed by atoms with van der Waals surface area (Å²) >= 11 is 0. The highest BCUT2D eigenvalue weighted by Gasteiger charge is 2.47. The standard InChI is InChI=1S/C20H22O4/c1-23-17-9-8-14-12-16(7-6-15(14)13-17)18(21)20(19(22)24-2)10-4-3-5-11-20/h6-9,12-13H,3-5,10-11H2,1-2H3. The predicted octanol–water partition coefficient (Wildman–Crippen LogP) is 4.15. The molecule has 4 heteroatoms. The summed E-state index contributed by atoms with van der Waals surface area (Å²) in [6, 6.07) is 11.3. The van der Waals surface area contributed by atoms with E-state index < -0.39 is 11.4 Å². The molecule has 0 bridgehead atoms. The van der Waals surface area contributed by atoms with Crippen molar-refractivity contribution in [1.29, 1.82) is 0 Å². The molecule has 1 aliphatic rings. The van der Waals surface area contributed by atoms with Crippen molar-refractivity contribution in [2.75, 3.05) is 14.2 Å². The van der Waals surface area contributed by atoms with E-state index in [1.807, 2.05) is 30.3 Å². The number of benzene rings is 2. The average molecular weight is 326 g/mol. The van der Waals surface area contributed by atoms with E-state index in [1.165, 1.54) is 7.11 Å². The summed E-state index contributed by atoms with van der Waals surface area (Å²) in [6.45, 7) is 0. The van der Waals surface area contributed by atoms with E-state index in [-0.39, 0.29) is 5.78 Å². The van der Waals surface area contributed by atoms with Gasteiger partial charge in [0.15, 0.2) is 5.78 Å². The maximum absolute atomic E-state index is 13.2. The number of ether oxygens (including phenoxy) is 2. The average Bonchev–Trinajstić information content (AvgIpc) is 2.66. The van der Waals surface area contributed by atoms with Gasteiger partial charge in [-0.2, -0.15) is 0 Å². The van der Waals surface area contributed by atoms with Crippen molar-refractivity contribution in [2.45, 2.75) is 32.1 Å². The molecule has 1 fully saturated rings. The number of methoxy groups -OCH3 is 2. The summed E-state index contributed by atoms with van der Waals surface area (Å²) < 4.78 is 10.2. The van der Waals surface area contributed by atoms with Gasteiger partial charge in [0.25, 0.3) is 0 Å². The third-order valence-corrected chi connectivity index (χ3v) is 5.03. The van der Waals surface area contributed by atoms with Gasteiger partial charge in [-0.05, 0) is 41.8 Å². The SMILES string of the molecule is COC(=O)C1(C(=O)c2ccc3cc(OC)ccc3c2)CCCCC1. The van der Waals surface area contributed by atoms with Crippen LogP contribution in [-0.2, 0) is 9.53 Å². The molecule has 4 nitrogen and oxygen atoms in total. The molecule has 126 valence electrons. The molecule has 0 radical (unpaired) electrons. The first-order valence-electron chi connectivity index (χ1n) is 8.32. The fourth-order valence-corrected chi connectivity index (χ4v) is 3.64. The van der Waals surface area contributed by atoms with Crippen LogP contribution in [0.15, 0.2) is 36.4 Å². The number of carbonyl (C=O) groups is 2. The topological polar surface area (TPSA) is 52.6 Å². The van der Waals surface area contributed by atoms with Crippen LogP contribution >= 0.6 is 0 Å². The minimum Gasteiger partial charge on any atom is -0.497 e. The normalized spacial score (nSPS) is 16.6. The van der Waals surface area contributed by atoms with Crippen LogP contribution in [0.1, 0.15) is 42.5 Å². The van der Waals surface area contributed by atoms with E-state index in [2.05, 4.69) is 0 Å². The van der Waals surface area contributed by atoms with Crippen molar-refractivity contribution in [3.8, 4) is 5.75 Å². The molecule has 0 aromatic heterocycles. The second-order valence-electron chi connectivity index (χ2n) is 6.39. The van der Waals surface area contributed by atoms with E-state index in [0.29, 0.717) is 18.4 Å². The molecule has 3 rings (SSSR count). The van der Waals surface area contributed by atoms with Gasteiger partial charge in [0.2, 0.25) is 0 Å². The summed E-state index contributed by atoms with van der Waals surface area (Å²) in [5, 5.41) is 1.96. The predicted molar refractivity (Wildman–Crippen MR) is 92.4 cm³/mol. The van der Waals surface area contributed by atoms with E-state index >= 15 is 0 Å². The zero-order valence-electron chi connectivity index (χ0n) is 14.1. The minimum absolute atomic E-state index is 0.119. The summed E-state index contributed by atoms with van der Waals surface area (Å²) in [6.07, 6.45) is 3.96. The molecular weight excluding hydrogens is 304 g/mol. The summed E-state index contributed by atoms with van der Waals surface area (Å²) in [5.74, 6) is 0.258. The lowest BCUT2D eigenvalue weighted by Crippen LogP contribution is -2.42. The Morgan fingerprint density at radius 3 is 2.25 bits per heavy atom. The summed E-state index contributed by atoms with van der Waals surface area (Å²) in [4.78, 5) is 25.6. The fourth-order valence-electron chi connectivity index (χ4n) is 3.64. The number of hydrogen-bond acceptors (Lipinski definition) is 4. The highest BCUT2D eigenvalue weighted by molar-refractivity contribution is 6.13. The maximum atomic E-state index is 13.2. The lowest BCUT2D eigenvalue weighted by Gasteiger charge is -2.33. The van der Waals surface area contributed by atoms with E-state index in [9.17, 15) is 9.59 Å². The fraction of sp³-hybridized carbons (Fsp3) is 0.400. The Morgan fingerprint density at radius 1 is 0.917 bits per heavy atom. The first-order chi connectivity index (χ1) is 11.6. The largest absolute Gasteiger partial charge is 0.497 e. The van der Waals surface area contributed by atoms with Crippen LogP contribution < -0.4 is 4.74 Å². The number of ketones is 1. The summed E-state index contributed by atoms with van der Waals surface area (Å²) in [5.41, 5.74) is -0.451. The van der Waals surface area contributed by atoms with Gasteiger partial charge in [-0.15, -0.1) is 0 Å². The molecule has 1 saturated carbocycles. The van der Waals surface area contributed by atoms with Crippen molar-refractivity contribution >= 4 is 22.5 Å². The monoisotopic (exact) mass is 326 g/mol. The van der Waals surface area contributed by atoms with Gasteiger partial charge in [0.1, 0.15) is 11.2 Å². The molecule has 0 aliphatic heterocycles. The van der Waals surface area contributed by atoms with Gasteiger partial charge in [0.05, 0.1) is 14.2 Å². The molecule has 24 heavy (non-hydrogen) atoms. The maximum Gasteiger partial charge on any atom is 0.319 e. The van der Waals surface area contributed by atoms with Crippen LogP contribution in [0, 0.1) is 5.41 Å². The second-order valence-corrected chi connectivity index (χ2v) is 6.39. The molecule has 2 aromatic carbocycles. The van der Waals surface area contributed by atoms with Crippen molar-refractivity contribution in [3.05, 3.63) is 42.0 Å². The molecule has 0 saturated heterocycles. The lowest BCUT2D eigenvalue weighted by molar-refractivity contribution is -0.151. The number of Topliss-reactive ketones (excluding diaryl/α,β-unsaturated/α-hetero) is 1. The zero-order valence-corrected chi connectivity index (χ0v) is 14.1. The van der Waals surface area contributed by atoms with E-state index in [0.717, 1.165) is 35.8 Å². The quantitative estimate of drug-likeness (QED) is 0.481. The van der Waals surface area contributed by atoms with Crippen molar-refractivity contribution < 1.29 is 19.1 Å². The molecule has 2 aromatic rings. The Bertz CT molecular complexity index is 772. The molecular formula is C20H22O4. The molecule has 0 atom stereocenters. The van der Waals surface area contributed by atoms with Crippen molar-refractivity contribution in [2.24, 2.45) is 5.41 Å². The van der Waals surface area contributed by atoms with Crippen LogP contribution in [-0.4, -0.2) is 26.0 Å². The molecule has 0 amide bonds. The van der Waals surface area contributed by atoms with E-state index in [4.69, 9.17) is 9.47 Å². The number of carbonyl (C=O) groups excluding carboxylic acids is 2. The minimum atomic E-state index is -1.02. The van der Waals surface area contributed by atoms with Crippen molar-refractivity contribution in [1.82, 2.24) is 0 Å². The van der Waals surface area contributed by atoms with Gasteiger partial charge in [0, 0.05) is 5.56 Å². The Hall–Kier alpha value is -2.36. The smallest absolute Gasteiger partial charge is 0.319 e. The Labute approximate surface area is 141 Å². The third kappa shape index (κ3) is 2.77. The van der Waals surface area contributed by atoms with Gasteiger partial charge < -0.3 is 9.47 Å². The number of esters is 1.